The molecule has 1 heterocycles. The first kappa shape index (κ1) is 15.9. The minimum Gasteiger partial charge on any atom is -0.312 e. The largest absolute Gasteiger partial charge is 0.312 e. The van der Waals surface area contributed by atoms with Gasteiger partial charge in [0.05, 0.1) is 5.69 Å². The van der Waals surface area contributed by atoms with E-state index in [0.717, 1.165) is 15.7 Å². The van der Waals surface area contributed by atoms with Gasteiger partial charge in [0.15, 0.2) is 0 Å². The van der Waals surface area contributed by atoms with Crippen LogP contribution in [0.15, 0.2) is 40.6 Å². The Bertz CT molecular complexity index is 713. The first-order valence-electron chi connectivity index (χ1n) is 6.48. The minimum absolute atomic E-state index is 0.264. The molecule has 0 atom stereocenters. The third kappa shape index (κ3) is 3.42. The van der Waals surface area contributed by atoms with Crippen molar-refractivity contribution in [1.29, 1.82) is 0 Å². The van der Waals surface area contributed by atoms with Gasteiger partial charge >= 0.3 is 0 Å². The normalized spacial score (nSPS) is 11.6. The lowest BCUT2D eigenvalue weighted by atomic mass is 10.3. The lowest BCUT2D eigenvalue weighted by molar-refractivity contribution is 0.592. The average molecular weight is 328 g/mol. The Morgan fingerprint density at radius 2 is 2.10 bits per heavy atom. The lowest BCUT2D eigenvalue weighted by Gasteiger charge is -2.19. The predicted molar refractivity (Wildman–Crippen MR) is 83.7 cm³/mol. The number of hydrogen-bond acceptors (Lipinski definition) is 4. The predicted octanol–water partition coefficient (Wildman–Crippen LogP) is 2.82. The third-order valence-corrected chi connectivity index (χ3v) is 5.97. The number of hydrogen-bond donors (Lipinski definition) is 1. The summed E-state index contributed by atoms with van der Waals surface area (Å²) in [6.45, 7) is 3.22. The van der Waals surface area contributed by atoms with Crippen LogP contribution in [-0.2, 0) is 16.6 Å². The fraction of sp³-hybridized carbons (Fsp3) is 0.286. The molecule has 1 N–H and O–H groups in total. The summed E-state index contributed by atoms with van der Waals surface area (Å²) in [5.74, 6) is -0.465. The molecule has 0 fully saturated rings. The molecule has 0 amide bonds. The highest BCUT2D eigenvalue weighted by Crippen LogP contribution is 2.28. The molecule has 7 heteroatoms. The van der Waals surface area contributed by atoms with E-state index in [4.69, 9.17) is 0 Å². The number of anilines is 1. The van der Waals surface area contributed by atoms with E-state index >= 15 is 0 Å². The van der Waals surface area contributed by atoms with Crippen molar-refractivity contribution in [3.05, 3.63) is 46.4 Å². The van der Waals surface area contributed by atoms with E-state index < -0.39 is 15.8 Å². The van der Waals surface area contributed by atoms with Crippen LogP contribution >= 0.6 is 11.3 Å². The second-order valence-corrected chi connectivity index (χ2v) is 7.38. The molecule has 0 saturated heterocycles. The number of rotatable bonds is 6. The Morgan fingerprint density at radius 3 is 2.76 bits per heavy atom. The van der Waals surface area contributed by atoms with Gasteiger partial charge in [-0.2, -0.15) is 0 Å². The second kappa shape index (κ2) is 6.55. The van der Waals surface area contributed by atoms with E-state index in [1.165, 1.54) is 36.6 Å². The zero-order valence-electron chi connectivity index (χ0n) is 11.8. The summed E-state index contributed by atoms with van der Waals surface area (Å²) in [5, 5.41) is 4.87. The number of benzene rings is 1. The zero-order valence-corrected chi connectivity index (χ0v) is 13.5. The van der Waals surface area contributed by atoms with Gasteiger partial charge in [-0.1, -0.05) is 13.0 Å². The molecular weight excluding hydrogens is 311 g/mol. The molecule has 0 aliphatic carbocycles. The van der Waals surface area contributed by atoms with Gasteiger partial charge < -0.3 is 5.32 Å². The minimum atomic E-state index is -3.69. The standard InChI is InChI=1S/C14H17FN2O2S2/c1-3-16-10-13-14(7-8-20-13)21(18,19)17(2)12-6-4-5-11(15)9-12/h4-9,16H,3,10H2,1-2H3. The summed E-state index contributed by atoms with van der Waals surface area (Å²) in [6.07, 6.45) is 0. The van der Waals surface area contributed by atoms with E-state index in [9.17, 15) is 12.8 Å². The summed E-state index contributed by atoms with van der Waals surface area (Å²) >= 11 is 1.39. The molecule has 1 aromatic carbocycles. The Kier molecular flexibility index (Phi) is 4.97. The van der Waals surface area contributed by atoms with Gasteiger partial charge in [0.25, 0.3) is 10.0 Å². The van der Waals surface area contributed by atoms with E-state index in [2.05, 4.69) is 5.32 Å². The molecular formula is C14H17FN2O2S2. The quantitative estimate of drug-likeness (QED) is 0.887. The number of nitrogens with zero attached hydrogens (tertiary/aromatic N) is 1. The smallest absolute Gasteiger partial charge is 0.265 e. The zero-order chi connectivity index (χ0) is 15.5. The summed E-state index contributed by atoms with van der Waals surface area (Å²) in [5.41, 5.74) is 0.301. The van der Waals surface area contributed by atoms with Gasteiger partial charge in [-0.15, -0.1) is 11.3 Å². The highest BCUT2D eigenvalue weighted by atomic mass is 32.2. The molecule has 2 aromatic rings. The van der Waals surface area contributed by atoms with Crippen LogP contribution in [0.1, 0.15) is 11.8 Å². The maximum absolute atomic E-state index is 13.3. The monoisotopic (exact) mass is 328 g/mol. The molecule has 0 saturated carbocycles. The van der Waals surface area contributed by atoms with Gasteiger partial charge in [-0.05, 0) is 36.2 Å². The summed E-state index contributed by atoms with van der Waals surface area (Å²) in [4.78, 5) is 1.01. The second-order valence-electron chi connectivity index (χ2n) is 4.44. The van der Waals surface area contributed by atoms with Crippen LogP contribution in [0, 0.1) is 5.82 Å². The highest BCUT2D eigenvalue weighted by molar-refractivity contribution is 7.93. The van der Waals surface area contributed by atoms with Crippen molar-refractivity contribution >= 4 is 27.0 Å². The maximum atomic E-state index is 13.3. The van der Waals surface area contributed by atoms with Crippen molar-refractivity contribution in [3.8, 4) is 0 Å². The first-order chi connectivity index (χ1) is 9.96. The van der Waals surface area contributed by atoms with Crippen molar-refractivity contribution in [1.82, 2.24) is 5.32 Å². The highest BCUT2D eigenvalue weighted by Gasteiger charge is 2.25. The molecule has 0 unspecified atom stereocenters. The Balaban J connectivity index is 2.36. The van der Waals surface area contributed by atoms with Crippen molar-refractivity contribution in [2.75, 3.05) is 17.9 Å². The molecule has 21 heavy (non-hydrogen) atoms. The molecule has 0 aliphatic heterocycles. The van der Waals surface area contributed by atoms with Crippen molar-refractivity contribution in [3.63, 3.8) is 0 Å². The molecule has 4 nitrogen and oxygen atoms in total. The first-order valence-corrected chi connectivity index (χ1v) is 8.80. The molecule has 2 rings (SSSR count). The van der Waals surface area contributed by atoms with Crippen LogP contribution in [0.4, 0.5) is 10.1 Å². The van der Waals surface area contributed by atoms with E-state index in [1.807, 2.05) is 6.92 Å². The van der Waals surface area contributed by atoms with Gasteiger partial charge in [0.2, 0.25) is 0 Å². The van der Waals surface area contributed by atoms with Gasteiger partial charge in [0, 0.05) is 18.5 Å². The maximum Gasteiger partial charge on any atom is 0.265 e. The number of halogens is 1. The van der Waals surface area contributed by atoms with Crippen LogP contribution in [0.3, 0.4) is 0 Å². The summed E-state index contributed by atoms with van der Waals surface area (Å²) in [6, 6.07) is 7.13. The third-order valence-electron chi connectivity index (χ3n) is 3.05. The van der Waals surface area contributed by atoms with Gasteiger partial charge in [-0.25, -0.2) is 12.8 Å². The molecule has 0 aliphatic rings. The van der Waals surface area contributed by atoms with Crippen LogP contribution in [-0.4, -0.2) is 22.0 Å². The fourth-order valence-electron chi connectivity index (χ4n) is 1.88. The average Bonchev–Trinajstić information content (AvgIpc) is 2.93. The van der Waals surface area contributed by atoms with Crippen molar-refractivity contribution < 1.29 is 12.8 Å². The molecule has 1 aromatic heterocycles. The Hall–Kier alpha value is -1.44. The number of nitrogens with one attached hydrogen (secondary N) is 1. The van der Waals surface area contributed by atoms with E-state index in [1.54, 1.807) is 17.5 Å². The molecule has 0 spiro atoms. The fourth-order valence-corrected chi connectivity index (χ4v) is 4.45. The lowest BCUT2D eigenvalue weighted by Crippen LogP contribution is -2.27. The van der Waals surface area contributed by atoms with Crippen LogP contribution in [0.5, 0.6) is 0 Å². The van der Waals surface area contributed by atoms with Crippen molar-refractivity contribution in [2.24, 2.45) is 0 Å². The topological polar surface area (TPSA) is 49.4 Å². The SMILES string of the molecule is CCNCc1sccc1S(=O)(=O)N(C)c1cccc(F)c1. The summed E-state index contributed by atoms with van der Waals surface area (Å²) < 4.78 is 39.7. The summed E-state index contributed by atoms with van der Waals surface area (Å²) in [7, 11) is -2.26. The van der Waals surface area contributed by atoms with E-state index in [-0.39, 0.29) is 4.90 Å². The van der Waals surface area contributed by atoms with Gasteiger partial charge in [0.1, 0.15) is 10.7 Å². The van der Waals surface area contributed by atoms with E-state index in [0.29, 0.717) is 12.2 Å². The Morgan fingerprint density at radius 1 is 1.33 bits per heavy atom. The van der Waals surface area contributed by atoms with Gasteiger partial charge in [-0.3, -0.25) is 4.31 Å². The number of sulfonamides is 1. The van der Waals surface area contributed by atoms with Crippen LogP contribution < -0.4 is 9.62 Å². The van der Waals surface area contributed by atoms with Crippen LogP contribution in [0.2, 0.25) is 0 Å². The molecule has 114 valence electrons. The molecule has 0 bridgehead atoms. The Labute approximate surface area is 128 Å². The number of thiophene rings is 1. The van der Waals surface area contributed by atoms with Crippen LogP contribution in [0.25, 0.3) is 0 Å². The van der Waals surface area contributed by atoms with Crippen molar-refractivity contribution in [2.45, 2.75) is 18.4 Å². The molecule has 0 radical (unpaired) electrons.